The van der Waals surface area contributed by atoms with Crippen molar-refractivity contribution in [1.29, 1.82) is 0 Å². The average molecular weight is 264 g/mol. The Morgan fingerprint density at radius 2 is 1.89 bits per heavy atom. The molecule has 104 valence electrons. The number of aliphatic hydroxyl groups excluding tert-OH is 2. The maximum Gasteiger partial charge on any atom is 0.113 e. The van der Waals surface area contributed by atoms with E-state index in [0.29, 0.717) is 25.5 Å². The third-order valence-electron chi connectivity index (χ3n) is 2.55. The highest BCUT2D eigenvalue weighted by atomic mass is 16.3. The molecular weight excluding hydrogens is 244 g/mol. The van der Waals surface area contributed by atoms with Crippen LogP contribution in [0.15, 0.2) is 25.3 Å². The molecule has 6 nitrogen and oxygen atoms in total. The average Bonchev–Trinajstić information content (AvgIpc) is 2.79. The molecule has 1 aromatic heterocycles. The summed E-state index contributed by atoms with van der Waals surface area (Å²) < 4.78 is 1.68. The number of hydrogen-bond acceptors (Lipinski definition) is 5. The van der Waals surface area contributed by atoms with Crippen molar-refractivity contribution in [2.45, 2.75) is 6.67 Å². The largest absolute Gasteiger partial charge is 0.395 e. The summed E-state index contributed by atoms with van der Waals surface area (Å²) in [5.41, 5.74) is 1.50. The van der Waals surface area contributed by atoms with Gasteiger partial charge in [0.15, 0.2) is 0 Å². The van der Waals surface area contributed by atoms with Gasteiger partial charge in [0, 0.05) is 13.1 Å². The van der Waals surface area contributed by atoms with E-state index in [-0.39, 0.29) is 13.2 Å². The lowest BCUT2D eigenvalue weighted by molar-refractivity contribution is 0.128. The van der Waals surface area contributed by atoms with Crippen molar-refractivity contribution < 1.29 is 10.2 Å². The van der Waals surface area contributed by atoms with Gasteiger partial charge in [-0.1, -0.05) is 30.5 Å². The minimum absolute atomic E-state index is 0.0291. The van der Waals surface area contributed by atoms with E-state index in [2.05, 4.69) is 23.5 Å². The molecule has 0 atom stereocenters. The van der Waals surface area contributed by atoms with Gasteiger partial charge in [-0.15, -0.1) is 5.10 Å². The van der Waals surface area contributed by atoms with Crippen molar-refractivity contribution in [3.05, 3.63) is 36.7 Å². The minimum atomic E-state index is 0.0291. The zero-order chi connectivity index (χ0) is 14.1. The van der Waals surface area contributed by atoms with E-state index in [9.17, 15) is 0 Å². The predicted molar refractivity (Wildman–Crippen MR) is 75.1 cm³/mol. The van der Waals surface area contributed by atoms with Crippen LogP contribution in [0.1, 0.15) is 11.4 Å². The first-order chi connectivity index (χ1) is 9.26. The number of aliphatic hydroxyl groups is 2. The first-order valence-electron chi connectivity index (χ1n) is 6.06. The van der Waals surface area contributed by atoms with Gasteiger partial charge < -0.3 is 10.2 Å². The molecular formula is C13H20N4O2. The number of hydrogen-bond donors (Lipinski definition) is 2. The van der Waals surface area contributed by atoms with Crippen molar-refractivity contribution >= 4 is 12.2 Å². The molecule has 6 heteroatoms. The molecule has 0 fully saturated rings. The summed E-state index contributed by atoms with van der Waals surface area (Å²) in [7, 11) is 0. The fraction of sp³-hybridized carbons (Fsp3) is 0.385. The molecule has 0 bridgehead atoms. The van der Waals surface area contributed by atoms with Gasteiger partial charge in [-0.25, -0.2) is 4.68 Å². The van der Waals surface area contributed by atoms with Gasteiger partial charge in [0.1, 0.15) is 5.69 Å². The first kappa shape index (κ1) is 15.3. The zero-order valence-corrected chi connectivity index (χ0v) is 10.9. The lowest BCUT2D eigenvalue weighted by Crippen LogP contribution is -2.32. The quantitative estimate of drug-likeness (QED) is 0.630. The summed E-state index contributed by atoms with van der Waals surface area (Å²) in [6, 6.07) is 0. The van der Waals surface area contributed by atoms with E-state index in [1.165, 1.54) is 0 Å². The highest BCUT2D eigenvalue weighted by molar-refractivity contribution is 5.58. The van der Waals surface area contributed by atoms with Crippen LogP contribution in [0, 0.1) is 0 Å². The molecule has 2 N–H and O–H groups in total. The predicted octanol–water partition coefficient (Wildman–Crippen LogP) is 0.364. The lowest BCUT2D eigenvalue weighted by atomic mass is 10.3. The Labute approximate surface area is 113 Å². The SMILES string of the molecule is C=C/C=C\c1nnn(CN(CCO)CCO)c1C=C. The maximum atomic E-state index is 8.98. The van der Waals surface area contributed by atoms with E-state index in [1.807, 2.05) is 4.90 Å². The van der Waals surface area contributed by atoms with Crippen LogP contribution in [-0.2, 0) is 6.67 Å². The normalized spacial score (nSPS) is 11.3. The second-order valence-electron chi connectivity index (χ2n) is 3.87. The lowest BCUT2D eigenvalue weighted by Gasteiger charge is -2.20. The summed E-state index contributed by atoms with van der Waals surface area (Å²) >= 11 is 0. The second-order valence-corrected chi connectivity index (χ2v) is 3.87. The fourth-order valence-electron chi connectivity index (χ4n) is 1.65. The van der Waals surface area contributed by atoms with Crippen LogP contribution in [0.4, 0.5) is 0 Å². The number of allylic oxidation sites excluding steroid dienone is 2. The molecule has 0 unspecified atom stereocenters. The van der Waals surface area contributed by atoms with Crippen LogP contribution in [0.3, 0.4) is 0 Å². The molecule has 0 aliphatic carbocycles. The van der Waals surface area contributed by atoms with Crippen LogP contribution in [-0.4, -0.2) is 56.4 Å². The Morgan fingerprint density at radius 1 is 1.21 bits per heavy atom. The Balaban J connectivity index is 2.87. The van der Waals surface area contributed by atoms with E-state index in [4.69, 9.17) is 10.2 Å². The third kappa shape index (κ3) is 4.44. The summed E-state index contributed by atoms with van der Waals surface area (Å²) in [5.74, 6) is 0. The van der Waals surface area contributed by atoms with E-state index in [0.717, 1.165) is 5.69 Å². The van der Waals surface area contributed by atoms with Gasteiger partial charge in [0.25, 0.3) is 0 Å². The molecule has 0 aliphatic rings. The monoisotopic (exact) mass is 264 g/mol. The van der Waals surface area contributed by atoms with Gasteiger partial charge in [-0.05, 0) is 12.2 Å². The van der Waals surface area contributed by atoms with Crippen molar-refractivity contribution in [1.82, 2.24) is 19.9 Å². The molecule has 0 aromatic carbocycles. The Hall–Kier alpha value is -1.76. The van der Waals surface area contributed by atoms with Crippen molar-refractivity contribution in [2.75, 3.05) is 26.3 Å². The highest BCUT2D eigenvalue weighted by Gasteiger charge is 2.11. The second kappa shape index (κ2) is 8.36. The van der Waals surface area contributed by atoms with E-state index < -0.39 is 0 Å². The van der Waals surface area contributed by atoms with Crippen molar-refractivity contribution in [3.8, 4) is 0 Å². The van der Waals surface area contributed by atoms with Gasteiger partial charge >= 0.3 is 0 Å². The van der Waals surface area contributed by atoms with Gasteiger partial charge in [-0.3, -0.25) is 4.90 Å². The molecule has 0 saturated heterocycles. The van der Waals surface area contributed by atoms with Gasteiger partial charge in [-0.2, -0.15) is 0 Å². The summed E-state index contributed by atoms with van der Waals surface area (Å²) in [6.45, 7) is 8.79. The van der Waals surface area contributed by atoms with Crippen molar-refractivity contribution in [2.24, 2.45) is 0 Å². The van der Waals surface area contributed by atoms with Gasteiger partial charge in [0.2, 0.25) is 0 Å². The van der Waals surface area contributed by atoms with E-state index >= 15 is 0 Å². The molecule has 0 aliphatic heterocycles. The highest BCUT2D eigenvalue weighted by Crippen LogP contribution is 2.10. The van der Waals surface area contributed by atoms with Crippen LogP contribution in [0.2, 0.25) is 0 Å². The first-order valence-corrected chi connectivity index (χ1v) is 6.06. The summed E-state index contributed by atoms with van der Waals surface area (Å²) in [6.07, 6.45) is 6.92. The standard InChI is InChI=1S/C13H20N4O2/c1-3-5-6-12-13(4-2)17(15-14-12)11-16(7-9-18)8-10-19/h3-6,18-19H,1-2,7-11H2/b6-5-. The molecule has 1 heterocycles. The van der Waals surface area contributed by atoms with E-state index in [1.54, 1.807) is 29.0 Å². The molecule has 0 saturated carbocycles. The zero-order valence-electron chi connectivity index (χ0n) is 10.9. The van der Waals surface area contributed by atoms with Crippen molar-refractivity contribution in [3.63, 3.8) is 0 Å². The Kier molecular flexibility index (Phi) is 6.73. The molecule has 0 amide bonds. The number of aromatic nitrogens is 3. The van der Waals surface area contributed by atoms with Crippen LogP contribution in [0.5, 0.6) is 0 Å². The molecule has 1 aromatic rings. The Morgan fingerprint density at radius 3 is 2.42 bits per heavy atom. The molecule has 0 spiro atoms. The Bertz CT molecular complexity index is 434. The molecule has 0 radical (unpaired) electrons. The molecule has 19 heavy (non-hydrogen) atoms. The van der Waals surface area contributed by atoms with Crippen LogP contribution in [0.25, 0.3) is 12.2 Å². The minimum Gasteiger partial charge on any atom is -0.395 e. The molecule has 1 rings (SSSR count). The number of nitrogens with zero attached hydrogens (tertiary/aromatic N) is 4. The maximum absolute atomic E-state index is 8.98. The topological polar surface area (TPSA) is 74.4 Å². The van der Waals surface area contributed by atoms with Gasteiger partial charge in [0.05, 0.1) is 25.6 Å². The fourth-order valence-corrected chi connectivity index (χ4v) is 1.65. The third-order valence-corrected chi connectivity index (χ3v) is 2.55. The van der Waals surface area contributed by atoms with Crippen LogP contribution < -0.4 is 0 Å². The summed E-state index contributed by atoms with van der Waals surface area (Å²) in [5, 5.41) is 26.1. The number of rotatable bonds is 9. The smallest absolute Gasteiger partial charge is 0.113 e. The van der Waals surface area contributed by atoms with Crippen LogP contribution >= 0.6 is 0 Å². The summed E-state index contributed by atoms with van der Waals surface area (Å²) in [4.78, 5) is 1.88.